The van der Waals surface area contributed by atoms with Gasteiger partial charge in [-0.05, 0) is 58.1 Å². The Kier molecular flexibility index (Phi) is 5.05. The maximum absolute atomic E-state index is 12.1. The Bertz CT molecular complexity index is 569. The lowest BCUT2D eigenvalue weighted by atomic mass is 10.2. The Labute approximate surface area is 125 Å². The molecule has 0 heterocycles. The number of amides is 1. The lowest BCUT2D eigenvalue weighted by Crippen LogP contribution is -2.12. The number of thioether (sulfide) groups is 1. The Balaban J connectivity index is 2.09. The van der Waals surface area contributed by atoms with Gasteiger partial charge in [0, 0.05) is 15.1 Å². The van der Waals surface area contributed by atoms with Gasteiger partial charge in [-0.1, -0.05) is 19.1 Å². The summed E-state index contributed by atoms with van der Waals surface area (Å²) in [5.74, 6) is 0.936. The van der Waals surface area contributed by atoms with Gasteiger partial charge in [-0.25, -0.2) is 0 Å². The van der Waals surface area contributed by atoms with Gasteiger partial charge in [0.2, 0.25) is 0 Å². The summed E-state index contributed by atoms with van der Waals surface area (Å²) in [6, 6.07) is 15.3. The molecular weight excluding hydrogens is 322 g/mol. The molecule has 0 fully saturated rings. The molecule has 0 atom stereocenters. The second-order valence-corrected chi connectivity index (χ2v) is 6.08. The third-order valence-corrected chi connectivity index (χ3v) is 4.13. The molecule has 98 valence electrons. The van der Waals surface area contributed by atoms with E-state index < -0.39 is 0 Å². The van der Waals surface area contributed by atoms with Gasteiger partial charge in [0.25, 0.3) is 5.91 Å². The highest BCUT2D eigenvalue weighted by molar-refractivity contribution is 9.10. The molecule has 2 rings (SSSR count). The topological polar surface area (TPSA) is 29.1 Å². The molecule has 19 heavy (non-hydrogen) atoms. The van der Waals surface area contributed by atoms with Gasteiger partial charge in [0.1, 0.15) is 0 Å². The average molecular weight is 336 g/mol. The van der Waals surface area contributed by atoms with Gasteiger partial charge >= 0.3 is 0 Å². The van der Waals surface area contributed by atoms with Crippen LogP contribution in [0.25, 0.3) is 0 Å². The third-order valence-electron chi connectivity index (χ3n) is 2.54. The van der Waals surface area contributed by atoms with E-state index in [1.807, 2.05) is 42.5 Å². The van der Waals surface area contributed by atoms with Crippen LogP contribution in [-0.4, -0.2) is 11.7 Å². The molecule has 0 saturated carbocycles. The standard InChI is InChI=1S/C15H14BrNOS/c1-2-19-12-9-7-11(8-10-12)17-15(18)13-5-3-4-6-14(13)16/h3-10H,2H2,1H3,(H,17,18). The number of anilines is 1. The largest absolute Gasteiger partial charge is 0.322 e. The van der Waals surface area contributed by atoms with Gasteiger partial charge in [-0.15, -0.1) is 11.8 Å². The number of rotatable bonds is 4. The number of carbonyl (C=O) groups excluding carboxylic acids is 1. The second kappa shape index (κ2) is 6.78. The first-order valence-corrected chi connectivity index (χ1v) is 7.77. The van der Waals surface area contributed by atoms with Crippen molar-refractivity contribution in [3.8, 4) is 0 Å². The zero-order chi connectivity index (χ0) is 13.7. The van der Waals surface area contributed by atoms with E-state index >= 15 is 0 Å². The molecule has 0 spiro atoms. The number of nitrogens with one attached hydrogen (secondary N) is 1. The van der Waals surface area contributed by atoms with Crippen molar-refractivity contribution in [2.45, 2.75) is 11.8 Å². The fraction of sp³-hybridized carbons (Fsp3) is 0.133. The van der Waals surface area contributed by atoms with Crippen LogP contribution in [0.5, 0.6) is 0 Å². The van der Waals surface area contributed by atoms with E-state index in [1.165, 1.54) is 4.90 Å². The zero-order valence-electron chi connectivity index (χ0n) is 10.5. The third kappa shape index (κ3) is 3.85. The van der Waals surface area contributed by atoms with E-state index in [1.54, 1.807) is 17.8 Å². The van der Waals surface area contributed by atoms with Crippen LogP contribution >= 0.6 is 27.7 Å². The monoisotopic (exact) mass is 335 g/mol. The van der Waals surface area contributed by atoms with Crippen molar-refractivity contribution < 1.29 is 4.79 Å². The smallest absolute Gasteiger partial charge is 0.256 e. The van der Waals surface area contributed by atoms with E-state index in [-0.39, 0.29) is 5.91 Å². The molecule has 2 nitrogen and oxygen atoms in total. The molecule has 0 aliphatic carbocycles. The normalized spacial score (nSPS) is 10.2. The Morgan fingerprint density at radius 2 is 1.84 bits per heavy atom. The van der Waals surface area contributed by atoms with Crippen LogP contribution < -0.4 is 5.32 Å². The summed E-state index contributed by atoms with van der Waals surface area (Å²) in [4.78, 5) is 13.3. The van der Waals surface area contributed by atoms with Crippen molar-refractivity contribution in [3.05, 3.63) is 58.6 Å². The average Bonchev–Trinajstić information content (AvgIpc) is 2.42. The van der Waals surface area contributed by atoms with Gasteiger partial charge in [-0.2, -0.15) is 0 Å². The predicted octanol–water partition coefficient (Wildman–Crippen LogP) is 4.81. The van der Waals surface area contributed by atoms with Crippen LogP contribution in [0.2, 0.25) is 0 Å². The molecule has 4 heteroatoms. The second-order valence-electron chi connectivity index (χ2n) is 3.89. The lowest BCUT2D eigenvalue weighted by Gasteiger charge is -2.07. The minimum Gasteiger partial charge on any atom is -0.322 e. The molecule has 0 aliphatic rings. The number of hydrogen-bond acceptors (Lipinski definition) is 2. The molecule has 0 radical (unpaired) electrons. The number of benzene rings is 2. The van der Waals surface area contributed by atoms with Crippen molar-refractivity contribution in [3.63, 3.8) is 0 Å². The maximum atomic E-state index is 12.1. The summed E-state index contributed by atoms with van der Waals surface area (Å²) < 4.78 is 0.797. The van der Waals surface area contributed by atoms with Crippen LogP contribution in [0.1, 0.15) is 17.3 Å². The van der Waals surface area contributed by atoms with E-state index in [0.717, 1.165) is 15.9 Å². The zero-order valence-corrected chi connectivity index (χ0v) is 12.9. The van der Waals surface area contributed by atoms with Crippen molar-refractivity contribution in [2.75, 3.05) is 11.1 Å². The van der Waals surface area contributed by atoms with E-state index in [4.69, 9.17) is 0 Å². The highest BCUT2D eigenvalue weighted by Crippen LogP contribution is 2.21. The summed E-state index contributed by atoms with van der Waals surface area (Å²) in [5.41, 5.74) is 1.44. The predicted molar refractivity (Wildman–Crippen MR) is 84.9 cm³/mol. The summed E-state index contributed by atoms with van der Waals surface area (Å²) in [5, 5.41) is 2.89. The van der Waals surface area contributed by atoms with Crippen LogP contribution in [0, 0.1) is 0 Å². The quantitative estimate of drug-likeness (QED) is 0.812. The number of hydrogen-bond donors (Lipinski definition) is 1. The first kappa shape index (κ1) is 14.2. The molecule has 1 amide bonds. The Morgan fingerprint density at radius 1 is 1.16 bits per heavy atom. The highest BCUT2D eigenvalue weighted by atomic mass is 79.9. The van der Waals surface area contributed by atoms with E-state index in [9.17, 15) is 4.79 Å². The maximum Gasteiger partial charge on any atom is 0.256 e. The van der Waals surface area contributed by atoms with Gasteiger partial charge < -0.3 is 5.32 Å². The fourth-order valence-corrected chi connectivity index (χ4v) is 2.77. The molecular formula is C15H14BrNOS. The number of halogens is 1. The lowest BCUT2D eigenvalue weighted by molar-refractivity contribution is 0.102. The SMILES string of the molecule is CCSc1ccc(NC(=O)c2ccccc2Br)cc1. The van der Waals surface area contributed by atoms with Crippen LogP contribution in [0.15, 0.2) is 57.9 Å². The van der Waals surface area contributed by atoms with Crippen LogP contribution in [0.3, 0.4) is 0 Å². The van der Waals surface area contributed by atoms with Gasteiger partial charge in [0.05, 0.1) is 5.56 Å². The first-order chi connectivity index (χ1) is 9.20. The van der Waals surface area contributed by atoms with Crippen molar-refractivity contribution in [2.24, 2.45) is 0 Å². The fourth-order valence-electron chi connectivity index (χ4n) is 1.64. The first-order valence-electron chi connectivity index (χ1n) is 5.99. The summed E-state index contributed by atoms with van der Waals surface area (Å²) in [6.45, 7) is 2.12. The summed E-state index contributed by atoms with van der Waals surface area (Å²) >= 11 is 5.16. The van der Waals surface area contributed by atoms with Crippen LogP contribution in [-0.2, 0) is 0 Å². The van der Waals surface area contributed by atoms with Gasteiger partial charge in [-0.3, -0.25) is 4.79 Å². The minimum absolute atomic E-state index is 0.108. The summed E-state index contributed by atoms with van der Waals surface area (Å²) in [7, 11) is 0. The molecule has 0 aliphatic heterocycles. The van der Waals surface area contributed by atoms with E-state index in [0.29, 0.717) is 5.56 Å². The molecule has 0 bridgehead atoms. The Hall–Kier alpha value is -1.26. The van der Waals surface area contributed by atoms with E-state index in [2.05, 4.69) is 28.2 Å². The summed E-state index contributed by atoms with van der Waals surface area (Å²) in [6.07, 6.45) is 0. The Morgan fingerprint density at radius 3 is 2.47 bits per heavy atom. The van der Waals surface area contributed by atoms with Crippen molar-refractivity contribution >= 4 is 39.3 Å². The molecule has 2 aromatic rings. The molecule has 0 unspecified atom stereocenters. The molecule has 1 N–H and O–H groups in total. The van der Waals surface area contributed by atoms with Crippen LogP contribution in [0.4, 0.5) is 5.69 Å². The molecule has 0 aromatic heterocycles. The number of carbonyl (C=O) groups is 1. The minimum atomic E-state index is -0.108. The van der Waals surface area contributed by atoms with Crippen molar-refractivity contribution in [1.82, 2.24) is 0 Å². The molecule has 2 aromatic carbocycles. The van der Waals surface area contributed by atoms with Crippen molar-refractivity contribution in [1.29, 1.82) is 0 Å². The van der Waals surface area contributed by atoms with Gasteiger partial charge in [0.15, 0.2) is 0 Å². The highest BCUT2D eigenvalue weighted by Gasteiger charge is 2.09. The molecule has 0 saturated heterocycles.